The van der Waals surface area contributed by atoms with Gasteiger partial charge in [0.25, 0.3) is 0 Å². The molecule has 0 heterocycles. The Kier molecular flexibility index (Phi) is 18.6. The predicted octanol–water partition coefficient (Wildman–Crippen LogP) is 8.94. The fraction of sp³-hybridized carbons (Fsp3) is 0.927. The number of ether oxygens (including phenoxy) is 3. The van der Waals surface area contributed by atoms with Crippen LogP contribution in [0, 0.1) is 32.5 Å². The van der Waals surface area contributed by atoms with Crippen LogP contribution in [0.4, 0.5) is 0 Å². The van der Waals surface area contributed by atoms with E-state index in [-0.39, 0.29) is 50.4 Å². The molecule has 0 aromatic rings. The summed E-state index contributed by atoms with van der Waals surface area (Å²) in [6.45, 7) is 37.3. The third-order valence-corrected chi connectivity index (χ3v) is 8.55. The molecular weight excluding hydrogens is 616 g/mol. The van der Waals surface area contributed by atoms with E-state index in [1.165, 1.54) is 0 Å². The molecule has 0 spiro atoms. The van der Waals surface area contributed by atoms with E-state index >= 15 is 0 Å². The largest absolute Gasteiger partial charge is 0.465 e. The average molecular weight is 698 g/mol. The number of carbonyl (C=O) groups excluding carboxylic acids is 3. The lowest BCUT2D eigenvalue weighted by Crippen LogP contribution is -2.48. The van der Waals surface area contributed by atoms with Crippen molar-refractivity contribution in [3.63, 3.8) is 0 Å². The molecule has 0 unspecified atom stereocenters. The van der Waals surface area contributed by atoms with Crippen molar-refractivity contribution in [2.45, 2.75) is 149 Å². The summed E-state index contributed by atoms with van der Waals surface area (Å²) in [6.07, 6.45) is 4.69. The maximum atomic E-state index is 12.9. The third-order valence-electron chi connectivity index (χ3n) is 8.55. The van der Waals surface area contributed by atoms with Gasteiger partial charge in [-0.3, -0.25) is 14.4 Å². The van der Waals surface area contributed by atoms with Gasteiger partial charge in [-0.25, -0.2) is 0 Å². The summed E-state index contributed by atoms with van der Waals surface area (Å²) >= 11 is 0. The van der Waals surface area contributed by atoms with Gasteiger partial charge in [-0.15, -0.1) is 0 Å². The molecule has 0 N–H and O–H groups in total. The summed E-state index contributed by atoms with van der Waals surface area (Å²) in [4.78, 5) is 40.5. The van der Waals surface area contributed by atoms with Crippen LogP contribution in [-0.2, 0) is 28.6 Å². The summed E-state index contributed by atoms with van der Waals surface area (Å²) in [5.74, 6) is -0.555. The van der Waals surface area contributed by atoms with Crippen molar-refractivity contribution in [1.82, 2.24) is 4.90 Å². The smallest absolute Gasteiger partial charge is 0.311 e. The van der Waals surface area contributed by atoms with Crippen LogP contribution in [0.2, 0.25) is 0 Å². The molecule has 8 nitrogen and oxygen atoms in total. The fourth-order valence-corrected chi connectivity index (χ4v) is 7.68. The van der Waals surface area contributed by atoms with Crippen LogP contribution in [0.15, 0.2) is 0 Å². The third kappa shape index (κ3) is 26.8. The maximum Gasteiger partial charge on any atom is 0.311 e. The SMILES string of the molecule is CN(CCC[N+](C)(CCC(=O)OCC(C)(C)CC(C)(C)C)CCC(=O)OCC(C)(C)CC(C)(C)C)CCC(=O)OCC(C)(C)CC(C)(C)C. The predicted molar refractivity (Wildman–Crippen MR) is 203 cm³/mol. The van der Waals surface area contributed by atoms with E-state index in [1.807, 2.05) is 7.05 Å². The molecule has 0 aliphatic carbocycles. The van der Waals surface area contributed by atoms with E-state index in [4.69, 9.17) is 14.2 Å². The van der Waals surface area contributed by atoms with Gasteiger partial charge in [-0.05, 0) is 58.8 Å². The summed E-state index contributed by atoms with van der Waals surface area (Å²) in [5, 5.41) is 0. The molecule has 0 aromatic heterocycles. The summed E-state index contributed by atoms with van der Waals surface area (Å²) in [5.41, 5.74) is 0.214. The first-order chi connectivity index (χ1) is 21.8. The van der Waals surface area contributed by atoms with Gasteiger partial charge in [-0.1, -0.05) is 104 Å². The Labute approximate surface area is 303 Å². The zero-order chi connectivity index (χ0) is 38.5. The molecule has 0 atom stereocenters. The van der Waals surface area contributed by atoms with E-state index in [9.17, 15) is 14.4 Å². The highest BCUT2D eigenvalue weighted by Crippen LogP contribution is 2.35. The first-order valence-corrected chi connectivity index (χ1v) is 18.8. The Morgan fingerprint density at radius 1 is 0.490 bits per heavy atom. The lowest BCUT2D eigenvalue weighted by atomic mass is 9.77. The standard InChI is InChI=1S/C41H81N2O6/c1-36(2,3)27-39(10,11)30-47-33(44)19-23-42(16)22-18-24-43(17,25-20-34(45)48-31-40(12,13)28-37(4,5)6)26-21-35(46)49-32-41(14,15)29-38(7,8)9/h18-32H2,1-17H3/q+1. The van der Waals surface area contributed by atoms with Crippen LogP contribution in [0.1, 0.15) is 149 Å². The molecule has 0 saturated heterocycles. The molecule has 0 saturated carbocycles. The van der Waals surface area contributed by atoms with Gasteiger partial charge in [0.15, 0.2) is 0 Å². The zero-order valence-electron chi connectivity index (χ0n) is 35.5. The minimum Gasteiger partial charge on any atom is -0.465 e. The molecule has 0 aromatic carbocycles. The Morgan fingerprint density at radius 2 is 0.796 bits per heavy atom. The van der Waals surface area contributed by atoms with Crippen LogP contribution in [0.5, 0.6) is 0 Å². The lowest BCUT2D eigenvalue weighted by molar-refractivity contribution is -0.908. The van der Waals surface area contributed by atoms with Crippen molar-refractivity contribution in [1.29, 1.82) is 0 Å². The molecular formula is C41H81N2O6+. The van der Waals surface area contributed by atoms with Crippen molar-refractivity contribution in [3.8, 4) is 0 Å². The lowest BCUT2D eigenvalue weighted by Gasteiger charge is -2.35. The minimum atomic E-state index is -0.195. The van der Waals surface area contributed by atoms with Gasteiger partial charge in [0.1, 0.15) is 0 Å². The van der Waals surface area contributed by atoms with Gasteiger partial charge in [0.05, 0.1) is 65.8 Å². The summed E-state index contributed by atoms with van der Waals surface area (Å²) < 4.78 is 17.7. The number of rotatable bonds is 22. The number of quaternary nitrogens is 1. The molecule has 290 valence electrons. The maximum absolute atomic E-state index is 12.9. The van der Waals surface area contributed by atoms with Crippen LogP contribution < -0.4 is 0 Å². The van der Waals surface area contributed by atoms with E-state index in [2.05, 4.69) is 116 Å². The molecule has 0 aliphatic rings. The second-order valence-corrected chi connectivity index (χ2v) is 21.4. The molecule has 0 fully saturated rings. The summed E-state index contributed by atoms with van der Waals surface area (Å²) in [7, 11) is 4.14. The van der Waals surface area contributed by atoms with Crippen LogP contribution in [0.25, 0.3) is 0 Å². The van der Waals surface area contributed by atoms with E-state index in [0.29, 0.717) is 63.2 Å². The van der Waals surface area contributed by atoms with E-state index < -0.39 is 0 Å². The monoisotopic (exact) mass is 698 g/mol. The fourth-order valence-electron chi connectivity index (χ4n) is 7.68. The Bertz CT molecular complexity index is 962. The second-order valence-electron chi connectivity index (χ2n) is 21.4. The first-order valence-electron chi connectivity index (χ1n) is 18.8. The van der Waals surface area contributed by atoms with Crippen LogP contribution >= 0.6 is 0 Å². The average Bonchev–Trinajstić information content (AvgIpc) is 2.87. The van der Waals surface area contributed by atoms with Crippen molar-refractivity contribution >= 4 is 17.9 Å². The number of nitrogens with zero attached hydrogens (tertiary/aromatic N) is 2. The Hall–Kier alpha value is -1.67. The number of hydrogen-bond acceptors (Lipinski definition) is 7. The van der Waals surface area contributed by atoms with Gasteiger partial charge in [-0.2, -0.15) is 0 Å². The Morgan fingerprint density at radius 3 is 1.10 bits per heavy atom. The van der Waals surface area contributed by atoms with Crippen LogP contribution in [-0.4, -0.2) is 93.9 Å². The molecule has 8 heteroatoms. The normalized spacial score (nSPS) is 13.8. The molecule has 49 heavy (non-hydrogen) atoms. The molecule has 0 amide bonds. The number of carbonyl (C=O) groups is 3. The Balaban J connectivity index is 5.18. The minimum absolute atomic E-state index is 0.0632. The van der Waals surface area contributed by atoms with Crippen molar-refractivity contribution in [3.05, 3.63) is 0 Å². The van der Waals surface area contributed by atoms with Gasteiger partial charge in [0.2, 0.25) is 0 Å². The molecule has 0 bridgehead atoms. The highest BCUT2D eigenvalue weighted by Gasteiger charge is 2.31. The van der Waals surface area contributed by atoms with Gasteiger partial charge in [0, 0.05) is 19.5 Å². The van der Waals surface area contributed by atoms with Crippen LogP contribution in [0.3, 0.4) is 0 Å². The quantitative estimate of drug-likeness (QED) is 0.0635. The van der Waals surface area contributed by atoms with E-state index in [1.54, 1.807) is 0 Å². The molecule has 0 rings (SSSR count). The second kappa shape index (κ2) is 19.2. The van der Waals surface area contributed by atoms with Gasteiger partial charge < -0.3 is 23.6 Å². The first kappa shape index (κ1) is 47.3. The van der Waals surface area contributed by atoms with E-state index in [0.717, 1.165) is 38.8 Å². The molecule has 0 aliphatic heterocycles. The van der Waals surface area contributed by atoms with Crippen molar-refractivity contribution < 1.29 is 33.1 Å². The highest BCUT2D eigenvalue weighted by molar-refractivity contribution is 5.70. The topological polar surface area (TPSA) is 82.1 Å². The van der Waals surface area contributed by atoms with Crippen molar-refractivity contribution in [2.24, 2.45) is 32.5 Å². The molecule has 0 radical (unpaired) electrons. The zero-order valence-corrected chi connectivity index (χ0v) is 35.5. The number of esters is 3. The number of hydrogen-bond donors (Lipinski definition) is 0. The highest BCUT2D eigenvalue weighted by atomic mass is 16.5. The summed E-state index contributed by atoms with van der Waals surface area (Å²) in [6, 6.07) is 0. The van der Waals surface area contributed by atoms with Crippen molar-refractivity contribution in [2.75, 3.05) is 66.6 Å². The van der Waals surface area contributed by atoms with Gasteiger partial charge >= 0.3 is 17.9 Å².